The maximum Gasteiger partial charge on any atom is 0.114 e. The number of epoxide rings is 1. The molecule has 106 valence electrons. The molecule has 4 rings (SSSR count). The zero-order chi connectivity index (χ0) is 14.5. The SMILES string of the molecule is CC.CC.c1ccc2c(c1)Cc1ccccc1C1OC21. The van der Waals surface area contributed by atoms with Gasteiger partial charge in [0.1, 0.15) is 12.2 Å². The first-order valence-electron chi connectivity index (χ1n) is 7.74. The Kier molecular flexibility index (Phi) is 4.97. The summed E-state index contributed by atoms with van der Waals surface area (Å²) in [5, 5.41) is 0. The summed E-state index contributed by atoms with van der Waals surface area (Å²) in [7, 11) is 0. The predicted octanol–water partition coefficient (Wildman–Crippen LogP) is 5.46. The minimum atomic E-state index is 0.305. The molecular formula is C19H24O. The molecule has 1 aliphatic heterocycles. The zero-order valence-corrected chi connectivity index (χ0v) is 12.9. The molecule has 1 heterocycles. The lowest BCUT2D eigenvalue weighted by Crippen LogP contribution is -1.93. The molecule has 2 aliphatic rings. The van der Waals surface area contributed by atoms with Gasteiger partial charge in [0.05, 0.1) is 0 Å². The molecule has 1 aliphatic carbocycles. The fourth-order valence-electron chi connectivity index (χ4n) is 2.74. The molecule has 0 saturated carbocycles. The number of fused-ring (bicyclic) bond motifs is 5. The van der Waals surface area contributed by atoms with Crippen LogP contribution in [0.25, 0.3) is 0 Å². The Hall–Kier alpha value is -1.60. The minimum Gasteiger partial charge on any atom is -0.359 e. The lowest BCUT2D eigenvalue weighted by atomic mass is 10.00. The smallest absolute Gasteiger partial charge is 0.114 e. The summed E-state index contributed by atoms with van der Waals surface area (Å²) < 4.78 is 5.81. The fraction of sp³-hybridized carbons (Fsp3) is 0.368. The van der Waals surface area contributed by atoms with Crippen LogP contribution in [0.4, 0.5) is 0 Å². The number of ether oxygens (including phenoxy) is 1. The molecule has 1 fully saturated rings. The van der Waals surface area contributed by atoms with Crippen LogP contribution in [0.1, 0.15) is 62.2 Å². The van der Waals surface area contributed by atoms with Crippen LogP contribution in [-0.2, 0) is 11.2 Å². The van der Waals surface area contributed by atoms with Crippen molar-refractivity contribution >= 4 is 0 Å². The van der Waals surface area contributed by atoms with Crippen molar-refractivity contribution in [3.63, 3.8) is 0 Å². The van der Waals surface area contributed by atoms with Gasteiger partial charge in [-0.05, 0) is 28.7 Å². The lowest BCUT2D eigenvalue weighted by Gasteiger charge is -2.07. The van der Waals surface area contributed by atoms with Crippen molar-refractivity contribution in [1.82, 2.24) is 0 Å². The molecule has 20 heavy (non-hydrogen) atoms. The third-order valence-electron chi connectivity index (χ3n) is 3.60. The first-order valence-corrected chi connectivity index (χ1v) is 7.74. The summed E-state index contributed by atoms with van der Waals surface area (Å²) in [6, 6.07) is 17.3. The maximum atomic E-state index is 5.81. The highest BCUT2D eigenvalue weighted by molar-refractivity contribution is 5.45. The van der Waals surface area contributed by atoms with E-state index >= 15 is 0 Å². The molecule has 2 aromatic carbocycles. The van der Waals surface area contributed by atoms with E-state index in [1.54, 1.807) is 0 Å². The van der Waals surface area contributed by atoms with Crippen LogP contribution in [0, 0.1) is 0 Å². The monoisotopic (exact) mass is 268 g/mol. The average molecular weight is 268 g/mol. The highest BCUT2D eigenvalue weighted by atomic mass is 16.6. The van der Waals surface area contributed by atoms with Crippen LogP contribution < -0.4 is 0 Å². The van der Waals surface area contributed by atoms with E-state index in [2.05, 4.69) is 48.5 Å². The quantitative estimate of drug-likeness (QED) is 0.578. The van der Waals surface area contributed by atoms with Gasteiger partial charge >= 0.3 is 0 Å². The predicted molar refractivity (Wildman–Crippen MR) is 85.0 cm³/mol. The summed E-state index contributed by atoms with van der Waals surface area (Å²) in [5.41, 5.74) is 5.59. The number of benzene rings is 2. The first-order chi connectivity index (χ1) is 9.93. The molecule has 1 nitrogen and oxygen atoms in total. The topological polar surface area (TPSA) is 12.5 Å². The van der Waals surface area contributed by atoms with Gasteiger partial charge in [-0.1, -0.05) is 76.2 Å². The second-order valence-corrected chi connectivity index (χ2v) is 4.55. The summed E-state index contributed by atoms with van der Waals surface area (Å²) in [4.78, 5) is 0. The molecule has 2 aromatic rings. The summed E-state index contributed by atoms with van der Waals surface area (Å²) in [5.74, 6) is 0. The highest BCUT2D eigenvalue weighted by Gasteiger charge is 2.45. The maximum absolute atomic E-state index is 5.81. The van der Waals surface area contributed by atoms with Crippen molar-refractivity contribution in [3.8, 4) is 0 Å². The van der Waals surface area contributed by atoms with Crippen molar-refractivity contribution in [1.29, 1.82) is 0 Å². The minimum absolute atomic E-state index is 0.305. The van der Waals surface area contributed by atoms with Gasteiger partial charge in [0, 0.05) is 0 Å². The molecule has 0 bridgehead atoms. The number of hydrogen-bond acceptors (Lipinski definition) is 1. The van der Waals surface area contributed by atoms with Gasteiger partial charge in [0.2, 0.25) is 0 Å². The molecule has 0 aromatic heterocycles. The Morgan fingerprint density at radius 1 is 0.700 bits per heavy atom. The Morgan fingerprint density at radius 3 is 1.55 bits per heavy atom. The van der Waals surface area contributed by atoms with Crippen LogP contribution in [-0.4, -0.2) is 0 Å². The van der Waals surface area contributed by atoms with Crippen LogP contribution >= 0.6 is 0 Å². The van der Waals surface area contributed by atoms with E-state index in [0.29, 0.717) is 12.2 Å². The van der Waals surface area contributed by atoms with Crippen molar-refractivity contribution in [2.24, 2.45) is 0 Å². The van der Waals surface area contributed by atoms with Gasteiger partial charge in [-0.15, -0.1) is 0 Å². The van der Waals surface area contributed by atoms with E-state index in [9.17, 15) is 0 Å². The highest BCUT2D eigenvalue weighted by Crippen LogP contribution is 2.54. The average Bonchev–Trinajstić information content (AvgIpc) is 3.32. The van der Waals surface area contributed by atoms with E-state index in [0.717, 1.165) is 6.42 Å². The molecule has 2 unspecified atom stereocenters. The Labute approximate surface area is 122 Å². The van der Waals surface area contributed by atoms with Gasteiger partial charge in [-0.2, -0.15) is 0 Å². The van der Waals surface area contributed by atoms with E-state index in [1.807, 2.05) is 27.7 Å². The lowest BCUT2D eigenvalue weighted by molar-refractivity contribution is 0.375. The van der Waals surface area contributed by atoms with Crippen LogP contribution in [0.3, 0.4) is 0 Å². The zero-order valence-electron chi connectivity index (χ0n) is 12.9. The largest absolute Gasteiger partial charge is 0.359 e. The third kappa shape index (κ3) is 2.64. The van der Waals surface area contributed by atoms with Gasteiger partial charge in [-0.25, -0.2) is 0 Å². The summed E-state index contributed by atoms with van der Waals surface area (Å²) >= 11 is 0. The summed E-state index contributed by atoms with van der Waals surface area (Å²) in [6.07, 6.45) is 1.66. The molecular weight excluding hydrogens is 244 g/mol. The van der Waals surface area contributed by atoms with Gasteiger partial charge in [-0.3, -0.25) is 0 Å². The molecule has 1 saturated heterocycles. The van der Waals surface area contributed by atoms with E-state index in [-0.39, 0.29) is 0 Å². The number of rotatable bonds is 0. The van der Waals surface area contributed by atoms with Crippen molar-refractivity contribution in [2.45, 2.75) is 46.3 Å². The Morgan fingerprint density at radius 2 is 1.10 bits per heavy atom. The second kappa shape index (κ2) is 6.71. The molecule has 0 N–H and O–H groups in total. The summed E-state index contributed by atoms with van der Waals surface area (Å²) in [6.45, 7) is 8.00. The van der Waals surface area contributed by atoms with Crippen molar-refractivity contribution in [3.05, 3.63) is 70.8 Å². The van der Waals surface area contributed by atoms with E-state index in [1.165, 1.54) is 22.3 Å². The molecule has 0 spiro atoms. The Bertz CT molecular complexity index is 510. The van der Waals surface area contributed by atoms with Crippen LogP contribution in [0.15, 0.2) is 48.5 Å². The van der Waals surface area contributed by atoms with Crippen molar-refractivity contribution in [2.75, 3.05) is 0 Å². The van der Waals surface area contributed by atoms with Gasteiger partial charge in [0.15, 0.2) is 0 Å². The molecule has 0 amide bonds. The fourth-order valence-corrected chi connectivity index (χ4v) is 2.74. The van der Waals surface area contributed by atoms with Crippen molar-refractivity contribution < 1.29 is 4.74 Å². The standard InChI is InChI=1S/C15H12O.2C2H6/c1-3-7-12-10(5-1)9-11-6-2-4-8-13(11)15-14(12)16-15;2*1-2/h1-8,14-15H,9H2;2*1-2H3. The number of hydrogen-bond donors (Lipinski definition) is 0. The third-order valence-corrected chi connectivity index (χ3v) is 3.60. The molecule has 0 radical (unpaired) electrons. The Balaban J connectivity index is 0.000000340. The van der Waals surface area contributed by atoms with Gasteiger partial charge in [0.25, 0.3) is 0 Å². The first kappa shape index (κ1) is 14.8. The van der Waals surface area contributed by atoms with Crippen LogP contribution in [0.5, 0.6) is 0 Å². The molecule has 1 heteroatoms. The normalized spacial score (nSPS) is 20.6. The van der Waals surface area contributed by atoms with E-state index in [4.69, 9.17) is 4.74 Å². The van der Waals surface area contributed by atoms with Gasteiger partial charge < -0.3 is 4.74 Å². The van der Waals surface area contributed by atoms with Crippen LogP contribution in [0.2, 0.25) is 0 Å². The van der Waals surface area contributed by atoms with E-state index < -0.39 is 0 Å². The second-order valence-electron chi connectivity index (χ2n) is 4.55. The molecule has 2 atom stereocenters.